The van der Waals surface area contributed by atoms with Gasteiger partial charge in [0.2, 0.25) is 0 Å². The molecule has 0 saturated carbocycles. The number of ether oxygens (including phenoxy) is 1. The van der Waals surface area contributed by atoms with E-state index in [1.807, 2.05) is 42.5 Å². The van der Waals surface area contributed by atoms with Gasteiger partial charge in [0.25, 0.3) is 0 Å². The first-order valence-corrected chi connectivity index (χ1v) is 6.84. The highest BCUT2D eigenvalue weighted by molar-refractivity contribution is 6.30. The maximum Gasteiger partial charge on any atom is 0.335 e. The number of para-hydroxylation sites is 1. The average molecular weight is 302 g/mol. The molecule has 3 nitrogen and oxygen atoms in total. The zero-order chi connectivity index (χ0) is 15.2. The molecule has 2 aromatic carbocycles. The summed E-state index contributed by atoms with van der Waals surface area (Å²) in [5, 5.41) is 3.93. The van der Waals surface area contributed by atoms with Crippen LogP contribution < -0.4 is 5.32 Å². The van der Waals surface area contributed by atoms with E-state index in [9.17, 15) is 4.79 Å². The van der Waals surface area contributed by atoms with Gasteiger partial charge in [0, 0.05) is 10.7 Å². The van der Waals surface area contributed by atoms with Gasteiger partial charge in [-0.1, -0.05) is 48.5 Å². The first kappa shape index (κ1) is 15.1. The van der Waals surface area contributed by atoms with Crippen LogP contribution in [0.15, 0.2) is 66.7 Å². The number of esters is 1. The van der Waals surface area contributed by atoms with Crippen LogP contribution in [0.4, 0.5) is 5.69 Å². The minimum atomic E-state index is -0.446. The molecule has 2 rings (SSSR count). The van der Waals surface area contributed by atoms with E-state index in [-0.39, 0.29) is 6.04 Å². The van der Waals surface area contributed by atoms with E-state index in [1.165, 1.54) is 7.11 Å². The Morgan fingerprint density at radius 3 is 2.33 bits per heavy atom. The number of hydrogen-bond acceptors (Lipinski definition) is 3. The third-order valence-electron chi connectivity index (χ3n) is 3.08. The van der Waals surface area contributed by atoms with Crippen LogP contribution >= 0.6 is 11.6 Å². The maximum atomic E-state index is 11.8. The molecule has 0 aliphatic heterocycles. The summed E-state index contributed by atoms with van der Waals surface area (Å²) in [5.41, 5.74) is 2.12. The van der Waals surface area contributed by atoms with Crippen molar-refractivity contribution in [2.45, 2.75) is 6.04 Å². The first-order chi connectivity index (χ1) is 10.1. The minimum Gasteiger partial charge on any atom is -0.466 e. The molecule has 1 atom stereocenters. The number of anilines is 1. The summed E-state index contributed by atoms with van der Waals surface area (Å²) < 4.78 is 4.77. The molecule has 21 heavy (non-hydrogen) atoms. The third-order valence-corrected chi connectivity index (χ3v) is 3.34. The van der Waals surface area contributed by atoms with Gasteiger partial charge in [-0.15, -0.1) is 0 Å². The van der Waals surface area contributed by atoms with E-state index in [0.29, 0.717) is 10.6 Å². The standard InChI is InChI=1S/C17H16ClNO2/c1-12(17(20)21-2)16(13-8-10-14(18)11-9-13)19-15-6-4-3-5-7-15/h3-11,16,19H,1H2,2H3. The van der Waals surface area contributed by atoms with E-state index >= 15 is 0 Å². The molecule has 0 aliphatic rings. The van der Waals surface area contributed by atoms with Gasteiger partial charge in [-0.05, 0) is 29.8 Å². The summed E-state index contributed by atoms with van der Waals surface area (Å²) in [6.45, 7) is 3.85. The van der Waals surface area contributed by atoms with Gasteiger partial charge in [-0.2, -0.15) is 0 Å². The Morgan fingerprint density at radius 2 is 1.76 bits per heavy atom. The van der Waals surface area contributed by atoms with Gasteiger partial charge in [0.15, 0.2) is 0 Å². The number of methoxy groups -OCH3 is 1. The molecule has 0 fully saturated rings. The van der Waals surface area contributed by atoms with Crippen LogP contribution in [0.3, 0.4) is 0 Å². The Bertz CT molecular complexity index is 623. The number of rotatable bonds is 5. The van der Waals surface area contributed by atoms with Gasteiger partial charge in [-0.3, -0.25) is 0 Å². The van der Waals surface area contributed by atoms with Crippen molar-refractivity contribution in [1.29, 1.82) is 0 Å². The lowest BCUT2D eigenvalue weighted by molar-refractivity contribution is -0.136. The van der Waals surface area contributed by atoms with E-state index in [0.717, 1.165) is 11.3 Å². The van der Waals surface area contributed by atoms with Crippen molar-refractivity contribution in [1.82, 2.24) is 0 Å². The van der Waals surface area contributed by atoms with Gasteiger partial charge in [0.05, 0.1) is 18.7 Å². The number of hydrogen-bond donors (Lipinski definition) is 1. The van der Waals surface area contributed by atoms with E-state index in [4.69, 9.17) is 16.3 Å². The van der Waals surface area contributed by atoms with Crippen LogP contribution in [0.5, 0.6) is 0 Å². The second-order valence-corrected chi connectivity index (χ2v) is 4.95. The number of benzene rings is 2. The molecule has 4 heteroatoms. The van der Waals surface area contributed by atoms with Gasteiger partial charge in [0.1, 0.15) is 0 Å². The highest BCUT2D eigenvalue weighted by Crippen LogP contribution is 2.27. The number of nitrogens with one attached hydrogen (secondary N) is 1. The molecule has 0 aliphatic carbocycles. The minimum absolute atomic E-state index is 0.337. The summed E-state index contributed by atoms with van der Waals surface area (Å²) in [6, 6.07) is 16.5. The second kappa shape index (κ2) is 6.95. The highest BCUT2D eigenvalue weighted by atomic mass is 35.5. The summed E-state index contributed by atoms with van der Waals surface area (Å²) in [5.74, 6) is -0.446. The molecule has 108 valence electrons. The Balaban J connectivity index is 2.32. The van der Waals surface area contributed by atoms with Crippen molar-refractivity contribution in [2.24, 2.45) is 0 Å². The highest BCUT2D eigenvalue weighted by Gasteiger charge is 2.21. The topological polar surface area (TPSA) is 38.3 Å². The van der Waals surface area contributed by atoms with Crippen molar-refractivity contribution in [3.63, 3.8) is 0 Å². The molecule has 1 N–H and O–H groups in total. The predicted molar refractivity (Wildman–Crippen MR) is 85.4 cm³/mol. The molecule has 0 saturated heterocycles. The Hall–Kier alpha value is -2.26. The smallest absolute Gasteiger partial charge is 0.335 e. The normalized spacial score (nSPS) is 11.5. The SMILES string of the molecule is C=C(C(=O)OC)C(Nc1ccccc1)c1ccc(Cl)cc1. The maximum absolute atomic E-state index is 11.8. The second-order valence-electron chi connectivity index (χ2n) is 4.51. The lowest BCUT2D eigenvalue weighted by Gasteiger charge is -2.21. The molecule has 0 aromatic heterocycles. The molecule has 1 unspecified atom stereocenters. The number of halogens is 1. The fraction of sp³-hybridized carbons (Fsp3) is 0.118. The Labute approximate surface area is 129 Å². The summed E-state index contributed by atoms with van der Waals surface area (Å²) in [4.78, 5) is 11.8. The molecule has 2 aromatic rings. The van der Waals surface area contributed by atoms with Crippen molar-refractivity contribution >= 4 is 23.3 Å². The fourth-order valence-corrected chi connectivity index (χ4v) is 2.10. The molecule has 0 amide bonds. The Kier molecular flexibility index (Phi) is 5.01. The summed E-state index contributed by atoms with van der Waals surface area (Å²) in [7, 11) is 1.34. The van der Waals surface area contributed by atoms with Gasteiger partial charge in [-0.25, -0.2) is 4.79 Å². The van der Waals surface area contributed by atoms with Gasteiger partial charge >= 0.3 is 5.97 Å². The molecule has 0 bridgehead atoms. The van der Waals surface area contributed by atoms with Crippen LogP contribution in [0.2, 0.25) is 5.02 Å². The van der Waals surface area contributed by atoms with Gasteiger partial charge < -0.3 is 10.1 Å². The van der Waals surface area contributed by atoms with Crippen molar-refractivity contribution in [3.05, 3.63) is 77.3 Å². The van der Waals surface area contributed by atoms with Crippen molar-refractivity contribution < 1.29 is 9.53 Å². The predicted octanol–water partition coefficient (Wildman–Crippen LogP) is 4.22. The summed E-state index contributed by atoms with van der Waals surface area (Å²) >= 11 is 5.91. The molecular weight excluding hydrogens is 286 g/mol. The quantitative estimate of drug-likeness (QED) is 0.663. The van der Waals surface area contributed by atoms with E-state index < -0.39 is 5.97 Å². The molecular formula is C17H16ClNO2. The van der Waals surface area contributed by atoms with Crippen molar-refractivity contribution in [2.75, 3.05) is 12.4 Å². The van der Waals surface area contributed by atoms with Crippen LogP contribution in [-0.4, -0.2) is 13.1 Å². The third kappa shape index (κ3) is 3.86. The van der Waals surface area contributed by atoms with Crippen LogP contribution in [0.25, 0.3) is 0 Å². The molecule has 0 radical (unpaired) electrons. The lowest BCUT2D eigenvalue weighted by atomic mass is 9.99. The van der Waals surface area contributed by atoms with Crippen LogP contribution in [0.1, 0.15) is 11.6 Å². The van der Waals surface area contributed by atoms with E-state index in [1.54, 1.807) is 12.1 Å². The monoisotopic (exact) mass is 301 g/mol. The lowest BCUT2D eigenvalue weighted by Crippen LogP contribution is -2.19. The average Bonchev–Trinajstić information content (AvgIpc) is 2.53. The summed E-state index contributed by atoms with van der Waals surface area (Å²) in [6.07, 6.45) is 0. The number of carbonyl (C=O) groups excluding carboxylic acids is 1. The fourth-order valence-electron chi connectivity index (χ4n) is 1.98. The molecule has 0 spiro atoms. The van der Waals surface area contributed by atoms with E-state index in [2.05, 4.69) is 11.9 Å². The van der Waals surface area contributed by atoms with Crippen LogP contribution in [-0.2, 0) is 9.53 Å². The molecule has 0 heterocycles. The zero-order valence-electron chi connectivity index (χ0n) is 11.7. The van der Waals surface area contributed by atoms with Crippen LogP contribution in [0, 0.1) is 0 Å². The largest absolute Gasteiger partial charge is 0.466 e. The van der Waals surface area contributed by atoms with Crippen molar-refractivity contribution in [3.8, 4) is 0 Å². The first-order valence-electron chi connectivity index (χ1n) is 6.46. The Morgan fingerprint density at radius 1 is 1.14 bits per heavy atom. The number of carbonyl (C=O) groups is 1. The zero-order valence-corrected chi connectivity index (χ0v) is 12.4.